The number of carboxylic acids is 1. The molecule has 1 aromatic rings. The molecule has 2 heterocycles. The number of pyridine rings is 1. The third kappa shape index (κ3) is 4.34. The molecule has 1 aliphatic rings. The predicted molar refractivity (Wildman–Crippen MR) is 84.1 cm³/mol. The summed E-state index contributed by atoms with van der Waals surface area (Å²) in [5.41, 5.74) is 0. The smallest absolute Gasteiger partial charge is 0.305 e. The van der Waals surface area contributed by atoms with Crippen LogP contribution in [0.1, 0.15) is 19.3 Å². The first-order valence-electron chi connectivity index (χ1n) is 7.30. The first kappa shape index (κ1) is 16.5. The standard InChI is InChI=1S/C15H20ClN3O3/c1-18(7-6-14(20)21)15(22)11-4-8-19(9-5-11)13-3-2-12(16)10-17-13/h2-3,10-11H,4-9H2,1H3,(H,20,21). The molecule has 0 atom stereocenters. The average molecular weight is 326 g/mol. The second-order valence-electron chi connectivity index (χ2n) is 5.50. The molecule has 1 fully saturated rings. The van der Waals surface area contributed by atoms with Gasteiger partial charge in [0.2, 0.25) is 5.91 Å². The predicted octanol–water partition coefficient (Wildman–Crippen LogP) is 1.88. The number of carbonyl (C=O) groups excluding carboxylic acids is 1. The number of hydrogen-bond donors (Lipinski definition) is 1. The van der Waals surface area contributed by atoms with Crippen molar-refractivity contribution in [3.63, 3.8) is 0 Å². The Kier molecular flexibility index (Phi) is 5.60. The van der Waals surface area contributed by atoms with Crippen LogP contribution in [0.3, 0.4) is 0 Å². The van der Waals surface area contributed by atoms with Crippen molar-refractivity contribution in [2.24, 2.45) is 5.92 Å². The van der Waals surface area contributed by atoms with Gasteiger partial charge in [-0.05, 0) is 25.0 Å². The summed E-state index contributed by atoms with van der Waals surface area (Å²) in [5.74, 6) is -0.0230. The summed E-state index contributed by atoms with van der Waals surface area (Å²) in [7, 11) is 1.67. The lowest BCUT2D eigenvalue weighted by Gasteiger charge is -2.33. The fourth-order valence-corrected chi connectivity index (χ4v) is 2.71. The van der Waals surface area contributed by atoms with Crippen LogP contribution < -0.4 is 4.90 Å². The van der Waals surface area contributed by atoms with E-state index in [2.05, 4.69) is 9.88 Å². The van der Waals surface area contributed by atoms with Crippen LogP contribution in [-0.4, -0.2) is 53.5 Å². The number of nitrogens with zero attached hydrogens (tertiary/aromatic N) is 3. The number of rotatable bonds is 5. The van der Waals surface area contributed by atoms with Gasteiger partial charge < -0.3 is 14.9 Å². The lowest BCUT2D eigenvalue weighted by Crippen LogP contribution is -2.42. The van der Waals surface area contributed by atoms with Crippen molar-refractivity contribution in [3.05, 3.63) is 23.4 Å². The van der Waals surface area contributed by atoms with Crippen LogP contribution in [0.4, 0.5) is 5.82 Å². The fraction of sp³-hybridized carbons (Fsp3) is 0.533. The number of piperidine rings is 1. The third-order valence-corrected chi connectivity index (χ3v) is 4.14. The lowest BCUT2D eigenvalue weighted by atomic mass is 9.95. The van der Waals surface area contributed by atoms with Gasteiger partial charge in [0.05, 0.1) is 11.4 Å². The van der Waals surface area contributed by atoms with Gasteiger partial charge >= 0.3 is 5.97 Å². The van der Waals surface area contributed by atoms with E-state index >= 15 is 0 Å². The number of halogens is 1. The Hall–Kier alpha value is -1.82. The summed E-state index contributed by atoms with van der Waals surface area (Å²) < 4.78 is 0. The summed E-state index contributed by atoms with van der Waals surface area (Å²) >= 11 is 5.83. The Balaban J connectivity index is 1.84. The maximum absolute atomic E-state index is 12.3. The van der Waals surface area contributed by atoms with Crippen LogP contribution >= 0.6 is 11.6 Å². The summed E-state index contributed by atoms with van der Waals surface area (Å²) in [6.45, 7) is 1.78. The molecule has 6 nitrogen and oxygen atoms in total. The third-order valence-electron chi connectivity index (χ3n) is 3.92. The monoisotopic (exact) mass is 325 g/mol. The number of carbonyl (C=O) groups is 2. The molecule has 0 saturated carbocycles. The average Bonchev–Trinajstić information content (AvgIpc) is 2.53. The minimum Gasteiger partial charge on any atom is -0.481 e. The quantitative estimate of drug-likeness (QED) is 0.894. The molecule has 1 amide bonds. The molecule has 0 aromatic carbocycles. The van der Waals surface area contributed by atoms with Gasteiger partial charge in [-0.25, -0.2) is 4.98 Å². The van der Waals surface area contributed by atoms with Crippen molar-refractivity contribution in [1.29, 1.82) is 0 Å². The molecule has 1 saturated heterocycles. The molecule has 1 N–H and O–H groups in total. The molecule has 1 aliphatic heterocycles. The van der Waals surface area contributed by atoms with Crippen LogP contribution in [-0.2, 0) is 9.59 Å². The number of anilines is 1. The Morgan fingerprint density at radius 1 is 1.41 bits per heavy atom. The van der Waals surface area contributed by atoms with Crippen molar-refractivity contribution in [3.8, 4) is 0 Å². The van der Waals surface area contributed by atoms with Crippen LogP contribution in [0.15, 0.2) is 18.3 Å². The van der Waals surface area contributed by atoms with E-state index in [0.29, 0.717) is 5.02 Å². The zero-order valence-corrected chi connectivity index (χ0v) is 13.3. The van der Waals surface area contributed by atoms with Gasteiger partial charge in [0.25, 0.3) is 0 Å². The Morgan fingerprint density at radius 3 is 2.64 bits per heavy atom. The SMILES string of the molecule is CN(CCC(=O)O)C(=O)C1CCN(c2ccc(Cl)cn2)CC1. The first-order chi connectivity index (χ1) is 10.5. The molecule has 1 aromatic heterocycles. The first-order valence-corrected chi connectivity index (χ1v) is 7.68. The molecule has 0 bridgehead atoms. The van der Waals surface area contributed by atoms with Gasteiger partial charge in [-0.3, -0.25) is 9.59 Å². The van der Waals surface area contributed by atoms with Crippen LogP contribution in [0.25, 0.3) is 0 Å². The Bertz CT molecular complexity index is 527. The van der Waals surface area contributed by atoms with E-state index in [0.717, 1.165) is 31.7 Å². The van der Waals surface area contributed by atoms with Gasteiger partial charge in [-0.2, -0.15) is 0 Å². The van der Waals surface area contributed by atoms with Crippen LogP contribution in [0.2, 0.25) is 5.02 Å². The van der Waals surface area contributed by atoms with Gasteiger partial charge in [-0.1, -0.05) is 11.6 Å². The van der Waals surface area contributed by atoms with Crippen molar-refractivity contribution in [2.45, 2.75) is 19.3 Å². The van der Waals surface area contributed by atoms with E-state index in [4.69, 9.17) is 16.7 Å². The number of aliphatic carboxylic acids is 1. The molecule has 0 radical (unpaired) electrons. The summed E-state index contributed by atoms with van der Waals surface area (Å²) in [4.78, 5) is 30.8. The maximum Gasteiger partial charge on any atom is 0.305 e. The number of carboxylic acid groups (broad SMARTS) is 1. The minimum absolute atomic E-state index is 0.0181. The highest BCUT2D eigenvalue weighted by Crippen LogP contribution is 2.23. The lowest BCUT2D eigenvalue weighted by molar-refractivity contribution is -0.139. The molecule has 7 heteroatoms. The van der Waals surface area contributed by atoms with Gasteiger partial charge in [0.15, 0.2) is 0 Å². The van der Waals surface area contributed by atoms with E-state index in [1.165, 1.54) is 4.90 Å². The van der Waals surface area contributed by atoms with Crippen molar-refractivity contribution >= 4 is 29.3 Å². The van der Waals surface area contributed by atoms with Crippen molar-refractivity contribution in [1.82, 2.24) is 9.88 Å². The highest BCUT2D eigenvalue weighted by Gasteiger charge is 2.27. The summed E-state index contributed by atoms with van der Waals surface area (Å²) in [6, 6.07) is 3.68. The number of aromatic nitrogens is 1. The number of amides is 1. The largest absolute Gasteiger partial charge is 0.481 e. The topological polar surface area (TPSA) is 73.7 Å². The maximum atomic E-state index is 12.3. The van der Waals surface area contributed by atoms with E-state index in [-0.39, 0.29) is 24.8 Å². The van der Waals surface area contributed by atoms with Crippen molar-refractivity contribution in [2.75, 3.05) is 31.6 Å². The molecule has 120 valence electrons. The van der Waals surface area contributed by atoms with E-state index < -0.39 is 5.97 Å². The number of hydrogen-bond acceptors (Lipinski definition) is 4. The second-order valence-corrected chi connectivity index (χ2v) is 5.94. The summed E-state index contributed by atoms with van der Waals surface area (Å²) in [6.07, 6.45) is 3.10. The summed E-state index contributed by atoms with van der Waals surface area (Å²) in [5, 5.41) is 9.28. The van der Waals surface area contributed by atoms with E-state index in [1.807, 2.05) is 6.07 Å². The normalized spacial score (nSPS) is 15.6. The highest BCUT2D eigenvalue weighted by atomic mass is 35.5. The second kappa shape index (κ2) is 7.45. The van der Waals surface area contributed by atoms with E-state index in [9.17, 15) is 9.59 Å². The molecule has 0 aliphatic carbocycles. The Morgan fingerprint density at radius 2 is 2.09 bits per heavy atom. The molecular weight excluding hydrogens is 306 g/mol. The highest BCUT2D eigenvalue weighted by molar-refractivity contribution is 6.30. The zero-order valence-electron chi connectivity index (χ0n) is 12.5. The van der Waals surface area contributed by atoms with E-state index in [1.54, 1.807) is 19.3 Å². The molecule has 22 heavy (non-hydrogen) atoms. The van der Waals surface area contributed by atoms with Crippen molar-refractivity contribution < 1.29 is 14.7 Å². The molecule has 0 spiro atoms. The van der Waals surface area contributed by atoms with Gasteiger partial charge in [0.1, 0.15) is 5.82 Å². The van der Waals surface area contributed by atoms with Crippen LogP contribution in [0, 0.1) is 5.92 Å². The van der Waals surface area contributed by atoms with Gasteiger partial charge in [0, 0.05) is 38.8 Å². The van der Waals surface area contributed by atoms with Gasteiger partial charge in [-0.15, -0.1) is 0 Å². The van der Waals surface area contributed by atoms with Crippen LogP contribution in [0.5, 0.6) is 0 Å². The molecular formula is C15H20ClN3O3. The molecule has 2 rings (SSSR count). The molecule has 0 unspecified atom stereocenters. The fourth-order valence-electron chi connectivity index (χ4n) is 2.60. The Labute approximate surface area is 134 Å². The zero-order chi connectivity index (χ0) is 16.1. The minimum atomic E-state index is -0.886.